The molecule has 3 nitrogen and oxygen atoms in total. The molecule has 102 valence electrons. The summed E-state index contributed by atoms with van der Waals surface area (Å²) in [5.74, 6) is 0.869. The van der Waals surface area contributed by atoms with Gasteiger partial charge >= 0.3 is 0 Å². The van der Waals surface area contributed by atoms with E-state index >= 15 is 0 Å². The van der Waals surface area contributed by atoms with Crippen molar-refractivity contribution in [3.63, 3.8) is 0 Å². The minimum Gasteiger partial charge on any atom is -0.491 e. The molecule has 4 heteroatoms. The van der Waals surface area contributed by atoms with Crippen molar-refractivity contribution in [3.05, 3.63) is 34.8 Å². The van der Waals surface area contributed by atoms with E-state index < -0.39 is 0 Å². The van der Waals surface area contributed by atoms with Crippen LogP contribution in [0.2, 0.25) is 0 Å². The molecule has 19 heavy (non-hydrogen) atoms. The topological polar surface area (TPSA) is 42.4 Å². The van der Waals surface area contributed by atoms with Crippen LogP contribution in [-0.4, -0.2) is 16.2 Å². The van der Waals surface area contributed by atoms with Gasteiger partial charge in [-0.05, 0) is 44.5 Å². The summed E-state index contributed by atoms with van der Waals surface area (Å²) in [7, 11) is 0. The zero-order valence-corrected chi connectivity index (χ0v) is 12.3. The minimum atomic E-state index is 0.00815. The molecule has 0 amide bonds. The third-order valence-electron chi connectivity index (χ3n) is 2.72. The quantitative estimate of drug-likeness (QED) is 0.907. The van der Waals surface area contributed by atoms with E-state index in [0.717, 1.165) is 33.3 Å². The van der Waals surface area contributed by atoms with Crippen LogP contribution in [0.4, 0.5) is 0 Å². The normalized spacial score (nSPS) is 11.0. The molecule has 2 aromatic rings. The van der Waals surface area contributed by atoms with Gasteiger partial charge in [-0.1, -0.05) is 6.92 Å². The van der Waals surface area contributed by atoms with Crippen LogP contribution >= 0.6 is 11.3 Å². The van der Waals surface area contributed by atoms with Gasteiger partial charge in [0.15, 0.2) is 0 Å². The summed E-state index contributed by atoms with van der Waals surface area (Å²) in [5.41, 5.74) is 1.86. The van der Waals surface area contributed by atoms with E-state index in [1.165, 1.54) is 0 Å². The molecule has 1 heterocycles. The zero-order valence-electron chi connectivity index (χ0n) is 11.5. The first-order valence-corrected chi connectivity index (χ1v) is 7.32. The van der Waals surface area contributed by atoms with Crippen molar-refractivity contribution >= 4 is 11.3 Å². The highest BCUT2D eigenvalue weighted by Gasteiger charge is 2.10. The molecule has 0 unspecified atom stereocenters. The summed E-state index contributed by atoms with van der Waals surface area (Å²) in [6.07, 6.45) is 1.08. The van der Waals surface area contributed by atoms with Gasteiger partial charge in [-0.2, -0.15) is 0 Å². The Morgan fingerprint density at radius 2 is 1.95 bits per heavy atom. The molecule has 0 fully saturated rings. The van der Waals surface area contributed by atoms with Crippen LogP contribution in [0.1, 0.15) is 31.3 Å². The van der Waals surface area contributed by atoms with Gasteiger partial charge in [-0.25, -0.2) is 4.98 Å². The predicted octanol–water partition coefficient (Wildman–Crippen LogP) is 3.65. The number of nitrogens with zero attached hydrogens (tertiary/aromatic N) is 1. The number of aliphatic hydroxyl groups excluding tert-OH is 1. The monoisotopic (exact) mass is 277 g/mol. The number of hydrogen-bond acceptors (Lipinski definition) is 4. The summed E-state index contributed by atoms with van der Waals surface area (Å²) < 4.78 is 5.62. The highest BCUT2D eigenvalue weighted by atomic mass is 32.1. The highest BCUT2D eigenvalue weighted by molar-refractivity contribution is 7.15. The van der Waals surface area contributed by atoms with E-state index in [2.05, 4.69) is 11.9 Å². The molecule has 0 atom stereocenters. The van der Waals surface area contributed by atoms with Crippen LogP contribution in [0.3, 0.4) is 0 Å². The second kappa shape index (κ2) is 6.17. The number of aryl methyl sites for hydroxylation is 1. The van der Waals surface area contributed by atoms with Crippen LogP contribution in [0.5, 0.6) is 5.75 Å². The smallest absolute Gasteiger partial charge is 0.123 e. The lowest BCUT2D eigenvalue weighted by Gasteiger charge is -2.09. The van der Waals surface area contributed by atoms with Gasteiger partial charge in [0.25, 0.3) is 0 Å². The summed E-state index contributed by atoms with van der Waals surface area (Å²) in [5, 5.41) is 10.2. The number of rotatable bonds is 5. The molecule has 0 aliphatic heterocycles. The lowest BCUT2D eigenvalue weighted by atomic mass is 10.2. The van der Waals surface area contributed by atoms with Crippen molar-refractivity contribution < 1.29 is 9.84 Å². The molecule has 1 aromatic carbocycles. The standard InChI is InChI=1S/C15H19NO2S/c1-4-14-13(9-17)16-15(19-14)11-5-7-12(8-6-11)18-10(2)3/h5-8,10,17H,4,9H2,1-3H3. The highest BCUT2D eigenvalue weighted by Crippen LogP contribution is 2.29. The van der Waals surface area contributed by atoms with E-state index in [-0.39, 0.29) is 12.7 Å². The molecular formula is C15H19NO2S. The Kier molecular flexibility index (Phi) is 4.56. The lowest BCUT2D eigenvalue weighted by molar-refractivity contribution is 0.242. The fraction of sp³-hybridized carbons (Fsp3) is 0.400. The van der Waals surface area contributed by atoms with E-state index in [4.69, 9.17) is 4.74 Å². The third kappa shape index (κ3) is 3.33. The number of hydrogen-bond donors (Lipinski definition) is 1. The first-order valence-electron chi connectivity index (χ1n) is 6.50. The zero-order chi connectivity index (χ0) is 13.8. The molecule has 0 aliphatic carbocycles. The fourth-order valence-electron chi connectivity index (χ4n) is 1.85. The Morgan fingerprint density at radius 1 is 1.26 bits per heavy atom. The largest absolute Gasteiger partial charge is 0.491 e. The SMILES string of the molecule is CCc1sc(-c2ccc(OC(C)C)cc2)nc1CO. The Hall–Kier alpha value is -1.39. The Balaban J connectivity index is 2.24. The number of thiazole rings is 1. The molecule has 1 aromatic heterocycles. The van der Waals surface area contributed by atoms with Crippen LogP contribution < -0.4 is 4.74 Å². The number of ether oxygens (including phenoxy) is 1. The number of aromatic nitrogens is 1. The van der Waals surface area contributed by atoms with Crippen molar-refractivity contribution in [1.29, 1.82) is 0 Å². The first-order chi connectivity index (χ1) is 9.13. The lowest BCUT2D eigenvalue weighted by Crippen LogP contribution is -2.05. The van der Waals surface area contributed by atoms with Crippen molar-refractivity contribution in [2.75, 3.05) is 0 Å². The molecule has 0 aliphatic rings. The van der Waals surface area contributed by atoms with Crippen molar-refractivity contribution in [1.82, 2.24) is 4.98 Å². The molecule has 2 rings (SSSR count). The van der Waals surface area contributed by atoms with Gasteiger partial charge < -0.3 is 9.84 Å². The van der Waals surface area contributed by atoms with E-state index in [0.29, 0.717) is 0 Å². The van der Waals surface area contributed by atoms with Crippen molar-refractivity contribution in [3.8, 4) is 16.3 Å². The van der Waals surface area contributed by atoms with Gasteiger partial charge in [0.1, 0.15) is 10.8 Å². The van der Waals surface area contributed by atoms with E-state index in [1.54, 1.807) is 11.3 Å². The second-order valence-corrected chi connectivity index (χ2v) is 5.68. The molecule has 0 radical (unpaired) electrons. The molecule has 0 saturated carbocycles. The molecule has 0 bridgehead atoms. The van der Waals surface area contributed by atoms with Gasteiger partial charge in [0, 0.05) is 10.4 Å². The Labute approximate surface area is 117 Å². The summed E-state index contributed by atoms with van der Waals surface area (Å²) in [4.78, 5) is 5.64. The van der Waals surface area contributed by atoms with E-state index in [1.807, 2.05) is 38.1 Å². The second-order valence-electron chi connectivity index (χ2n) is 4.59. The van der Waals surface area contributed by atoms with Crippen LogP contribution in [0, 0.1) is 0 Å². The molecular weight excluding hydrogens is 258 g/mol. The molecule has 1 N–H and O–H groups in total. The Morgan fingerprint density at radius 3 is 2.42 bits per heavy atom. The van der Waals surface area contributed by atoms with Gasteiger partial charge in [0.2, 0.25) is 0 Å². The predicted molar refractivity (Wildman–Crippen MR) is 78.6 cm³/mol. The number of benzene rings is 1. The van der Waals surface area contributed by atoms with Crippen LogP contribution in [0.25, 0.3) is 10.6 Å². The maximum Gasteiger partial charge on any atom is 0.123 e. The Bertz CT molecular complexity index is 510. The van der Waals surface area contributed by atoms with Gasteiger partial charge in [0.05, 0.1) is 18.4 Å². The minimum absolute atomic E-state index is 0.00815. The first kappa shape index (κ1) is 14.0. The maximum absolute atomic E-state index is 9.28. The van der Waals surface area contributed by atoms with Gasteiger partial charge in [-0.3, -0.25) is 0 Å². The van der Waals surface area contributed by atoms with Crippen LogP contribution in [-0.2, 0) is 13.0 Å². The third-order valence-corrected chi connectivity index (χ3v) is 4.01. The summed E-state index contributed by atoms with van der Waals surface area (Å²) in [6, 6.07) is 7.94. The molecule has 0 saturated heterocycles. The van der Waals surface area contributed by atoms with Crippen molar-refractivity contribution in [2.24, 2.45) is 0 Å². The number of aliphatic hydroxyl groups is 1. The van der Waals surface area contributed by atoms with Gasteiger partial charge in [-0.15, -0.1) is 11.3 Å². The fourth-order valence-corrected chi connectivity index (χ4v) is 2.87. The summed E-state index contributed by atoms with van der Waals surface area (Å²) in [6.45, 7) is 6.11. The van der Waals surface area contributed by atoms with Crippen LogP contribution in [0.15, 0.2) is 24.3 Å². The molecule has 0 spiro atoms. The van der Waals surface area contributed by atoms with Crippen molar-refractivity contribution in [2.45, 2.75) is 39.9 Å². The average molecular weight is 277 g/mol. The van der Waals surface area contributed by atoms with E-state index in [9.17, 15) is 5.11 Å². The summed E-state index contributed by atoms with van der Waals surface area (Å²) >= 11 is 1.65. The average Bonchev–Trinajstić information content (AvgIpc) is 2.82. The maximum atomic E-state index is 9.28.